The molecule has 2 aromatic rings. The fraction of sp³-hybridized carbons (Fsp3) is 0.524. The number of carbonyl (C=O) groups excluding carboxylic acids is 1. The van der Waals surface area contributed by atoms with Gasteiger partial charge in [-0.1, -0.05) is 26.0 Å². The lowest BCUT2D eigenvalue weighted by Crippen LogP contribution is -2.50. The number of hydrogen-bond donors (Lipinski definition) is 0. The molecule has 7 nitrogen and oxygen atoms in total. The van der Waals surface area contributed by atoms with Gasteiger partial charge >= 0.3 is 0 Å². The summed E-state index contributed by atoms with van der Waals surface area (Å²) in [4.78, 5) is 21.2. The van der Waals surface area contributed by atoms with E-state index >= 15 is 0 Å². The van der Waals surface area contributed by atoms with Crippen molar-refractivity contribution in [3.05, 3.63) is 42.5 Å². The number of benzene rings is 1. The molecule has 0 unspecified atom stereocenters. The molecule has 0 bridgehead atoms. The molecule has 1 aromatic heterocycles. The van der Waals surface area contributed by atoms with Gasteiger partial charge in [-0.3, -0.25) is 9.69 Å². The van der Waals surface area contributed by atoms with E-state index in [0.717, 1.165) is 45.1 Å². The van der Waals surface area contributed by atoms with Crippen LogP contribution in [0.15, 0.2) is 36.7 Å². The second-order valence-electron chi connectivity index (χ2n) is 7.30. The van der Waals surface area contributed by atoms with Crippen LogP contribution in [0.2, 0.25) is 0 Å². The summed E-state index contributed by atoms with van der Waals surface area (Å²) in [5.41, 5.74) is 0. The van der Waals surface area contributed by atoms with Gasteiger partial charge < -0.3 is 18.9 Å². The Bertz CT molecular complexity index is 767. The zero-order valence-corrected chi connectivity index (χ0v) is 17.0. The SMILES string of the molecule is COc1ccccc1OCC(=O)N1CCN(CCn2ccnc2C(C)C)CC1. The Labute approximate surface area is 166 Å². The van der Waals surface area contributed by atoms with Crippen LogP contribution in [0.5, 0.6) is 11.5 Å². The van der Waals surface area contributed by atoms with Gasteiger partial charge in [0.05, 0.1) is 7.11 Å². The predicted octanol–water partition coefficient (Wildman–Crippen LogP) is 2.24. The molecule has 2 heterocycles. The zero-order chi connectivity index (χ0) is 19.9. The minimum atomic E-state index is 0.0160. The maximum absolute atomic E-state index is 12.5. The Hall–Kier alpha value is -2.54. The van der Waals surface area contributed by atoms with Crippen molar-refractivity contribution in [2.75, 3.05) is 46.4 Å². The number of rotatable bonds is 8. The van der Waals surface area contributed by atoms with Gasteiger partial charge in [0.1, 0.15) is 5.82 Å². The normalized spacial score (nSPS) is 15.1. The summed E-state index contributed by atoms with van der Waals surface area (Å²) in [5.74, 6) is 2.80. The minimum Gasteiger partial charge on any atom is -0.493 e. The Morgan fingerprint density at radius 1 is 1.11 bits per heavy atom. The fourth-order valence-corrected chi connectivity index (χ4v) is 3.45. The van der Waals surface area contributed by atoms with Crippen LogP contribution in [0.4, 0.5) is 0 Å². The third kappa shape index (κ3) is 5.04. The summed E-state index contributed by atoms with van der Waals surface area (Å²) in [6.45, 7) is 9.48. The lowest BCUT2D eigenvalue weighted by atomic mass is 10.2. The molecule has 1 aliphatic rings. The summed E-state index contributed by atoms with van der Waals surface area (Å²) in [7, 11) is 1.59. The van der Waals surface area contributed by atoms with Crippen molar-refractivity contribution in [1.29, 1.82) is 0 Å². The van der Waals surface area contributed by atoms with Gasteiger partial charge in [0.25, 0.3) is 5.91 Å². The summed E-state index contributed by atoms with van der Waals surface area (Å²) in [5, 5.41) is 0. The molecule has 7 heteroatoms. The van der Waals surface area contributed by atoms with E-state index in [0.29, 0.717) is 17.4 Å². The van der Waals surface area contributed by atoms with Crippen LogP contribution in [0, 0.1) is 0 Å². The molecule has 28 heavy (non-hydrogen) atoms. The van der Waals surface area contributed by atoms with Gasteiger partial charge in [0.15, 0.2) is 18.1 Å². The van der Waals surface area contributed by atoms with E-state index in [9.17, 15) is 4.79 Å². The molecule has 0 atom stereocenters. The Kier molecular flexibility index (Phi) is 6.92. The van der Waals surface area contributed by atoms with Crippen LogP contribution in [-0.4, -0.2) is 71.7 Å². The van der Waals surface area contributed by atoms with Crippen molar-refractivity contribution < 1.29 is 14.3 Å². The highest BCUT2D eigenvalue weighted by atomic mass is 16.5. The van der Waals surface area contributed by atoms with Gasteiger partial charge in [-0.15, -0.1) is 0 Å². The second-order valence-corrected chi connectivity index (χ2v) is 7.30. The number of para-hydroxylation sites is 2. The first-order chi connectivity index (χ1) is 13.6. The number of imidazole rings is 1. The molecule has 1 fully saturated rings. The van der Waals surface area contributed by atoms with Crippen molar-refractivity contribution in [1.82, 2.24) is 19.4 Å². The van der Waals surface area contributed by atoms with Gasteiger partial charge in [-0.25, -0.2) is 4.98 Å². The van der Waals surface area contributed by atoms with Crippen LogP contribution >= 0.6 is 0 Å². The van der Waals surface area contributed by atoms with E-state index in [4.69, 9.17) is 9.47 Å². The lowest BCUT2D eigenvalue weighted by molar-refractivity contribution is -0.135. The van der Waals surface area contributed by atoms with Gasteiger partial charge in [0, 0.05) is 57.6 Å². The van der Waals surface area contributed by atoms with Crippen LogP contribution in [0.1, 0.15) is 25.6 Å². The summed E-state index contributed by atoms with van der Waals surface area (Å²) >= 11 is 0. The van der Waals surface area contributed by atoms with Crippen molar-refractivity contribution in [2.45, 2.75) is 26.3 Å². The number of ether oxygens (including phenoxy) is 2. The topological polar surface area (TPSA) is 59.8 Å². The zero-order valence-electron chi connectivity index (χ0n) is 17.0. The average molecular weight is 386 g/mol. The Balaban J connectivity index is 1.42. The smallest absolute Gasteiger partial charge is 0.260 e. The molecule has 1 saturated heterocycles. The van der Waals surface area contributed by atoms with Crippen molar-refractivity contribution in [3.63, 3.8) is 0 Å². The van der Waals surface area contributed by atoms with E-state index in [2.05, 4.69) is 28.3 Å². The number of methoxy groups -OCH3 is 1. The third-order valence-corrected chi connectivity index (χ3v) is 5.07. The van der Waals surface area contributed by atoms with Crippen LogP contribution < -0.4 is 9.47 Å². The molecule has 3 rings (SSSR count). The largest absolute Gasteiger partial charge is 0.493 e. The van der Waals surface area contributed by atoms with Crippen molar-refractivity contribution >= 4 is 5.91 Å². The van der Waals surface area contributed by atoms with E-state index in [-0.39, 0.29) is 12.5 Å². The molecule has 1 amide bonds. The molecule has 152 valence electrons. The monoisotopic (exact) mass is 386 g/mol. The summed E-state index contributed by atoms with van der Waals surface area (Å²) < 4.78 is 13.1. The average Bonchev–Trinajstić information content (AvgIpc) is 3.20. The third-order valence-electron chi connectivity index (χ3n) is 5.07. The molecular formula is C21H30N4O3. The maximum Gasteiger partial charge on any atom is 0.260 e. The summed E-state index contributed by atoms with van der Waals surface area (Å²) in [6, 6.07) is 7.38. The lowest BCUT2D eigenvalue weighted by Gasteiger charge is -2.34. The van der Waals surface area contributed by atoms with Crippen molar-refractivity contribution in [2.24, 2.45) is 0 Å². The first-order valence-corrected chi connectivity index (χ1v) is 9.85. The van der Waals surface area contributed by atoms with E-state index in [1.54, 1.807) is 7.11 Å². The van der Waals surface area contributed by atoms with Gasteiger partial charge in [-0.05, 0) is 12.1 Å². The maximum atomic E-state index is 12.5. The van der Waals surface area contributed by atoms with E-state index < -0.39 is 0 Å². The highest BCUT2D eigenvalue weighted by Gasteiger charge is 2.22. The predicted molar refractivity (Wildman–Crippen MR) is 108 cm³/mol. The van der Waals surface area contributed by atoms with Gasteiger partial charge in [0.2, 0.25) is 0 Å². The molecule has 0 aliphatic carbocycles. The Morgan fingerprint density at radius 2 is 1.82 bits per heavy atom. The molecule has 0 radical (unpaired) electrons. The highest BCUT2D eigenvalue weighted by molar-refractivity contribution is 5.78. The minimum absolute atomic E-state index is 0.0160. The highest BCUT2D eigenvalue weighted by Crippen LogP contribution is 2.25. The quantitative estimate of drug-likeness (QED) is 0.696. The number of hydrogen-bond acceptors (Lipinski definition) is 5. The molecule has 1 aromatic carbocycles. The standard InChI is InChI=1S/C21H30N4O3/c1-17(2)21-22-8-9-25(21)15-12-23-10-13-24(14-11-23)20(26)16-28-19-7-5-4-6-18(19)27-3/h4-9,17H,10-16H2,1-3H3. The molecule has 0 spiro atoms. The van der Waals surface area contributed by atoms with Crippen LogP contribution in [-0.2, 0) is 11.3 Å². The molecule has 1 aliphatic heterocycles. The van der Waals surface area contributed by atoms with Gasteiger partial charge in [-0.2, -0.15) is 0 Å². The number of carbonyl (C=O) groups is 1. The molecular weight excluding hydrogens is 356 g/mol. The van der Waals surface area contributed by atoms with Crippen molar-refractivity contribution in [3.8, 4) is 11.5 Å². The number of aromatic nitrogens is 2. The Morgan fingerprint density at radius 3 is 2.50 bits per heavy atom. The first kappa shape index (κ1) is 20.2. The molecule has 0 N–H and O–H groups in total. The van der Waals surface area contributed by atoms with Crippen LogP contribution in [0.25, 0.3) is 0 Å². The number of nitrogens with zero attached hydrogens (tertiary/aromatic N) is 4. The first-order valence-electron chi connectivity index (χ1n) is 9.85. The number of amides is 1. The van der Waals surface area contributed by atoms with Crippen LogP contribution in [0.3, 0.4) is 0 Å². The van der Waals surface area contributed by atoms with E-state index in [1.807, 2.05) is 41.6 Å². The second kappa shape index (κ2) is 9.59. The number of piperazine rings is 1. The summed E-state index contributed by atoms with van der Waals surface area (Å²) in [6.07, 6.45) is 3.91. The fourth-order valence-electron chi connectivity index (χ4n) is 3.45. The van der Waals surface area contributed by atoms with E-state index in [1.165, 1.54) is 0 Å². The molecule has 0 saturated carbocycles.